The average molecular weight is 285 g/mol. The molecule has 2 heterocycles. The zero-order chi connectivity index (χ0) is 14.8. The summed E-state index contributed by atoms with van der Waals surface area (Å²) >= 11 is 0. The Morgan fingerprint density at radius 2 is 2.14 bits per heavy atom. The Hall–Kier alpha value is -1.88. The highest BCUT2D eigenvalue weighted by Crippen LogP contribution is 2.15. The molecule has 3 rings (SSSR count). The molecule has 2 aromatic rings. The largest absolute Gasteiger partial charge is 0.337 e. The highest BCUT2D eigenvalue weighted by Gasteiger charge is 2.19. The smallest absolute Gasteiger partial charge is 0.244 e. The lowest BCUT2D eigenvalue weighted by atomic mass is 10.0. The number of H-pyrrole nitrogens is 1. The van der Waals surface area contributed by atoms with Crippen LogP contribution in [-0.2, 0) is 6.42 Å². The van der Waals surface area contributed by atoms with E-state index in [0.717, 1.165) is 37.8 Å². The summed E-state index contributed by atoms with van der Waals surface area (Å²) < 4.78 is 0. The summed E-state index contributed by atoms with van der Waals surface area (Å²) in [6, 6.07) is 7.04. The van der Waals surface area contributed by atoms with Gasteiger partial charge in [-0.15, -0.1) is 5.10 Å². The minimum absolute atomic E-state index is 0.487. The van der Waals surface area contributed by atoms with Crippen molar-refractivity contribution in [3.8, 4) is 0 Å². The fourth-order valence-electron chi connectivity index (χ4n) is 2.73. The maximum absolute atomic E-state index is 4.65. The van der Waals surface area contributed by atoms with Gasteiger partial charge in [0.15, 0.2) is 0 Å². The normalized spacial score (nSPS) is 19.0. The molecule has 0 spiro atoms. The van der Waals surface area contributed by atoms with Crippen molar-refractivity contribution in [2.45, 2.75) is 33.2 Å². The lowest BCUT2D eigenvalue weighted by Gasteiger charge is -2.30. The minimum atomic E-state index is 0.487. The van der Waals surface area contributed by atoms with Crippen molar-refractivity contribution >= 4 is 5.95 Å². The van der Waals surface area contributed by atoms with E-state index in [2.05, 4.69) is 64.4 Å². The third-order valence-corrected chi connectivity index (χ3v) is 4.11. The SMILES string of the molecule is Cc1ccc(Cc2nc(N3CCN[C@H](C)C3)n[nH]2)cc1C. The van der Waals surface area contributed by atoms with Gasteiger partial charge in [0.25, 0.3) is 0 Å². The van der Waals surface area contributed by atoms with Crippen LogP contribution < -0.4 is 10.2 Å². The van der Waals surface area contributed by atoms with E-state index < -0.39 is 0 Å². The van der Waals surface area contributed by atoms with Gasteiger partial charge in [-0.05, 0) is 37.5 Å². The van der Waals surface area contributed by atoms with Crippen LogP contribution in [0.15, 0.2) is 18.2 Å². The maximum Gasteiger partial charge on any atom is 0.244 e. The van der Waals surface area contributed by atoms with E-state index in [1.807, 2.05) is 0 Å². The molecule has 1 aliphatic heterocycles. The molecule has 112 valence electrons. The van der Waals surface area contributed by atoms with Crippen molar-refractivity contribution in [2.75, 3.05) is 24.5 Å². The Morgan fingerprint density at radius 3 is 2.90 bits per heavy atom. The summed E-state index contributed by atoms with van der Waals surface area (Å²) in [5.41, 5.74) is 3.92. The van der Waals surface area contributed by atoms with Crippen LogP contribution in [0, 0.1) is 13.8 Å². The second kappa shape index (κ2) is 5.85. The number of hydrogen-bond donors (Lipinski definition) is 2. The lowest BCUT2D eigenvalue weighted by molar-refractivity contribution is 0.480. The summed E-state index contributed by atoms with van der Waals surface area (Å²) in [5.74, 6) is 1.75. The number of aromatic amines is 1. The molecule has 1 aliphatic rings. The number of nitrogens with one attached hydrogen (secondary N) is 2. The van der Waals surface area contributed by atoms with Gasteiger partial charge in [-0.1, -0.05) is 18.2 Å². The Balaban J connectivity index is 1.71. The first-order chi connectivity index (χ1) is 10.1. The van der Waals surface area contributed by atoms with Crippen molar-refractivity contribution in [3.05, 3.63) is 40.7 Å². The summed E-state index contributed by atoms with van der Waals surface area (Å²) in [4.78, 5) is 6.88. The third kappa shape index (κ3) is 3.24. The predicted octanol–water partition coefficient (Wildman–Crippen LogP) is 1.81. The zero-order valence-electron chi connectivity index (χ0n) is 13.0. The molecule has 2 N–H and O–H groups in total. The second-order valence-electron chi connectivity index (χ2n) is 5.98. The standard InChI is InChI=1S/C16H23N5/c1-11-4-5-14(8-12(11)2)9-15-18-16(20-19-15)21-7-6-17-13(3)10-21/h4-5,8,13,17H,6-7,9-10H2,1-3H3,(H,18,19,20)/t13-/m1/s1. The number of anilines is 1. The third-order valence-electron chi connectivity index (χ3n) is 4.11. The van der Waals surface area contributed by atoms with Crippen LogP contribution in [0.2, 0.25) is 0 Å². The zero-order valence-corrected chi connectivity index (χ0v) is 13.0. The number of hydrogen-bond acceptors (Lipinski definition) is 4. The van der Waals surface area contributed by atoms with Crippen molar-refractivity contribution in [1.82, 2.24) is 20.5 Å². The minimum Gasteiger partial charge on any atom is -0.337 e. The Morgan fingerprint density at radius 1 is 1.29 bits per heavy atom. The number of piperazine rings is 1. The monoisotopic (exact) mass is 285 g/mol. The molecule has 0 unspecified atom stereocenters. The molecular formula is C16H23N5. The average Bonchev–Trinajstić information content (AvgIpc) is 2.91. The fourth-order valence-corrected chi connectivity index (χ4v) is 2.73. The number of rotatable bonds is 3. The summed E-state index contributed by atoms with van der Waals surface area (Å²) in [7, 11) is 0. The van der Waals surface area contributed by atoms with Gasteiger partial charge in [-0.25, -0.2) is 0 Å². The van der Waals surface area contributed by atoms with Gasteiger partial charge < -0.3 is 10.2 Å². The molecule has 1 aromatic heterocycles. The molecule has 21 heavy (non-hydrogen) atoms. The van der Waals surface area contributed by atoms with Crippen molar-refractivity contribution in [1.29, 1.82) is 0 Å². The lowest BCUT2D eigenvalue weighted by Crippen LogP contribution is -2.49. The molecule has 5 nitrogen and oxygen atoms in total. The quantitative estimate of drug-likeness (QED) is 0.903. The number of aryl methyl sites for hydroxylation is 2. The predicted molar refractivity (Wildman–Crippen MR) is 84.8 cm³/mol. The van der Waals surface area contributed by atoms with E-state index >= 15 is 0 Å². The van der Waals surface area contributed by atoms with Crippen LogP contribution in [0.5, 0.6) is 0 Å². The second-order valence-corrected chi connectivity index (χ2v) is 5.98. The molecule has 0 radical (unpaired) electrons. The van der Waals surface area contributed by atoms with Crippen LogP contribution in [0.3, 0.4) is 0 Å². The first-order valence-electron chi connectivity index (χ1n) is 7.57. The van der Waals surface area contributed by atoms with Gasteiger partial charge in [0.1, 0.15) is 5.82 Å². The van der Waals surface area contributed by atoms with Crippen LogP contribution in [0.1, 0.15) is 29.4 Å². The van der Waals surface area contributed by atoms with Gasteiger partial charge in [-0.3, -0.25) is 5.10 Å². The number of aromatic nitrogens is 3. The van der Waals surface area contributed by atoms with Gasteiger partial charge in [0.05, 0.1) is 0 Å². The van der Waals surface area contributed by atoms with E-state index in [1.54, 1.807) is 0 Å². The number of benzene rings is 1. The Labute approximate surface area is 125 Å². The molecule has 1 saturated heterocycles. The van der Waals surface area contributed by atoms with E-state index in [-0.39, 0.29) is 0 Å². The van der Waals surface area contributed by atoms with Crippen LogP contribution in [-0.4, -0.2) is 40.9 Å². The molecule has 0 amide bonds. The topological polar surface area (TPSA) is 56.8 Å². The molecular weight excluding hydrogens is 262 g/mol. The molecule has 1 atom stereocenters. The van der Waals surface area contributed by atoms with Crippen molar-refractivity contribution < 1.29 is 0 Å². The molecule has 0 bridgehead atoms. The maximum atomic E-state index is 4.65. The molecule has 1 fully saturated rings. The molecule has 0 aliphatic carbocycles. The Kier molecular flexibility index (Phi) is 3.92. The first kappa shape index (κ1) is 14.1. The summed E-state index contributed by atoms with van der Waals surface area (Å²) in [6.45, 7) is 9.38. The Bertz CT molecular complexity index is 619. The van der Waals surface area contributed by atoms with Crippen LogP contribution in [0.25, 0.3) is 0 Å². The highest BCUT2D eigenvalue weighted by molar-refractivity contribution is 5.34. The van der Waals surface area contributed by atoms with Crippen LogP contribution in [0.4, 0.5) is 5.95 Å². The number of nitrogens with zero attached hydrogens (tertiary/aromatic N) is 3. The highest BCUT2D eigenvalue weighted by atomic mass is 15.4. The first-order valence-corrected chi connectivity index (χ1v) is 7.57. The van der Waals surface area contributed by atoms with Crippen molar-refractivity contribution in [3.63, 3.8) is 0 Å². The van der Waals surface area contributed by atoms with E-state index in [9.17, 15) is 0 Å². The van der Waals surface area contributed by atoms with E-state index in [1.165, 1.54) is 16.7 Å². The molecule has 5 heteroatoms. The fraction of sp³-hybridized carbons (Fsp3) is 0.500. The van der Waals surface area contributed by atoms with Gasteiger partial charge in [0, 0.05) is 32.1 Å². The molecule has 1 aromatic carbocycles. The van der Waals surface area contributed by atoms with E-state index in [0.29, 0.717) is 6.04 Å². The van der Waals surface area contributed by atoms with Crippen molar-refractivity contribution in [2.24, 2.45) is 0 Å². The van der Waals surface area contributed by atoms with E-state index in [4.69, 9.17) is 0 Å². The summed E-state index contributed by atoms with van der Waals surface area (Å²) in [5, 5.41) is 10.9. The summed E-state index contributed by atoms with van der Waals surface area (Å²) in [6.07, 6.45) is 0.801. The van der Waals surface area contributed by atoms with Gasteiger partial charge >= 0.3 is 0 Å². The van der Waals surface area contributed by atoms with Gasteiger partial charge in [0.2, 0.25) is 5.95 Å². The van der Waals surface area contributed by atoms with Crippen LogP contribution >= 0.6 is 0 Å². The molecule has 0 saturated carbocycles. The van der Waals surface area contributed by atoms with Gasteiger partial charge in [-0.2, -0.15) is 4.98 Å².